The molecule has 7 heteroatoms. The molecule has 37 heavy (non-hydrogen) atoms. The highest BCUT2D eigenvalue weighted by Gasteiger charge is 2.41. The number of nitrogens with zero attached hydrogens (tertiary/aromatic N) is 1. The number of Topliss-reactive ketones (excluding diaryl/α,β-unsaturated/α-hetero) is 1. The Kier molecular flexibility index (Phi) is 6.98. The van der Waals surface area contributed by atoms with Crippen molar-refractivity contribution in [1.29, 1.82) is 0 Å². The number of hydrogen-bond acceptors (Lipinski definition) is 5. The van der Waals surface area contributed by atoms with Gasteiger partial charge in [0.1, 0.15) is 11.6 Å². The number of methoxy groups -OCH3 is 1. The average molecular weight is 558 g/mol. The van der Waals surface area contributed by atoms with Crippen molar-refractivity contribution in [2.24, 2.45) is 0 Å². The molecule has 0 saturated heterocycles. The first kappa shape index (κ1) is 25.0. The van der Waals surface area contributed by atoms with Crippen molar-refractivity contribution in [1.82, 2.24) is 10.3 Å². The maximum atomic E-state index is 13.8. The van der Waals surface area contributed by atoms with Crippen molar-refractivity contribution in [2.75, 3.05) is 12.4 Å². The van der Waals surface area contributed by atoms with Crippen LogP contribution in [-0.2, 0) is 9.59 Å². The van der Waals surface area contributed by atoms with Gasteiger partial charge in [-0.2, -0.15) is 0 Å². The van der Waals surface area contributed by atoms with Crippen molar-refractivity contribution in [2.45, 2.75) is 38.5 Å². The largest absolute Gasteiger partial charge is 0.497 e. The Labute approximate surface area is 225 Å². The number of anilines is 1. The number of halogens is 1. The Balaban J connectivity index is 1.53. The standard InChI is InChI=1S/C30H28BrN3O3/c1-17-12-13-32-26(14-17)34-30(36)27-18(2)33-24-15-21(19-6-10-23(37-3)11-7-19)16-25(35)29(24)28(27)20-4-8-22(31)9-5-20/h4-14,21,28,33H,15-16H2,1-3H3,(H,32,34,36). The average Bonchev–Trinajstić information content (AvgIpc) is 2.88. The summed E-state index contributed by atoms with van der Waals surface area (Å²) >= 11 is 3.50. The second kappa shape index (κ2) is 10.3. The molecule has 0 saturated carbocycles. The van der Waals surface area contributed by atoms with E-state index in [0.29, 0.717) is 29.8 Å². The van der Waals surface area contributed by atoms with Crippen LogP contribution in [0, 0.1) is 6.92 Å². The molecule has 2 aliphatic rings. The number of dihydropyridines is 1. The summed E-state index contributed by atoms with van der Waals surface area (Å²) in [6.45, 7) is 3.85. The molecular formula is C30H28BrN3O3. The molecule has 1 aliphatic carbocycles. The van der Waals surface area contributed by atoms with Gasteiger partial charge in [0.2, 0.25) is 0 Å². The van der Waals surface area contributed by atoms with Crippen LogP contribution in [0.25, 0.3) is 0 Å². The molecule has 5 rings (SSSR count). The fraction of sp³-hybridized carbons (Fsp3) is 0.233. The van der Waals surface area contributed by atoms with Crippen LogP contribution in [0.4, 0.5) is 5.82 Å². The highest BCUT2D eigenvalue weighted by atomic mass is 79.9. The maximum absolute atomic E-state index is 13.8. The van der Waals surface area contributed by atoms with Crippen molar-refractivity contribution in [3.8, 4) is 5.75 Å². The molecule has 0 fully saturated rings. The number of aromatic nitrogens is 1. The number of ketones is 1. The van der Waals surface area contributed by atoms with Crippen molar-refractivity contribution < 1.29 is 14.3 Å². The Morgan fingerprint density at radius 3 is 2.41 bits per heavy atom. The lowest BCUT2D eigenvalue weighted by Gasteiger charge is -2.37. The van der Waals surface area contributed by atoms with Gasteiger partial charge < -0.3 is 15.4 Å². The number of allylic oxidation sites excluding steroid dienone is 3. The van der Waals surface area contributed by atoms with Gasteiger partial charge in [-0.1, -0.05) is 40.2 Å². The molecule has 2 unspecified atom stereocenters. The van der Waals surface area contributed by atoms with E-state index in [2.05, 4.69) is 31.5 Å². The third-order valence-electron chi connectivity index (χ3n) is 7.02. The molecule has 2 heterocycles. The van der Waals surface area contributed by atoms with Crippen LogP contribution in [0.5, 0.6) is 5.75 Å². The van der Waals surface area contributed by atoms with Crippen LogP contribution in [0.3, 0.4) is 0 Å². The van der Waals surface area contributed by atoms with Crippen LogP contribution >= 0.6 is 15.9 Å². The molecule has 2 aromatic carbocycles. The molecule has 1 aromatic heterocycles. The lowest BCUT2D eigenvalue weighted by atomic mass is 9.71. The number of nitrogens with one attached hydrogen (secondary N) is 2. The van der Waals surface area contributed by atoms with Crippen LogP contribution in [0.2, 0.25) is 0 Å². The first-order chi connectivity index (χ1) is 17.8. The number of carbonyl (C=O) groups excluding carboxylic acids is 2. The van der Waals surface area contributed by atoms with Gasteiger partial charge in [-0.05, 0) is 79.3 Å². The normalized spacial score (nSPS) is 19.3. The van der Waals surface area contributed by atoms with E-state index in [-0.39, 0.29) is 17.6 Å². The third kappa shape index (κ3) is 5.09. The van der Waals surface area contributed by atoms with E-state index in [1.54, 1.807) is 13.3 Å². The Morgan fingerprint density at radius 1 is 1.03 bits per heavy atom. The van der Waals surface area contributed by atoms with E-state index in [0.717, 1.165) is 38.3 Å². The fourth-order valence-corrected chi connectivity index (χ4v) is 5.49. The topological polar surface area (TPSA) is 80.3 Å². The van der Waals surface area contributed by atoms with E-state index in [1.807, 2.05) is 74.5 Å². The zero-order valence-corrected chi connectivity index (χ0v) is 22.6. The van der Waals surface area contributed by atoms with Gasteiger partial charge >= 0.3 is 0 Å². The van der Waals surface area contributed by atoms with Crippen molar-refractivity contribution >= 4 is 33.4 Å². The van der Waals surface area contributed by atoms with Crippen LogP contribution in [-0.4, -0.2) is 23.8 Å². The monoisotopic (exact) mass is 557 g/mol. The number of carbonyl (C=O) groups is 2. The molecule has 0 radical (unpaired) electrons. The summed E-state index contributed by atoms with van der Waals surface area (Å²) in [6.07, 6.45) is 2.74. The minimum atomic E-state index is -0.474. The second-order valence-corrected chi connectivity index (χ2v) is 10.4. The maximum Gasteiger partial charge on any atom is 0.255 e. The molecule has 0 bridgehead atoms. The minimum absolute atomic E-state index is 0.0500. The predicted octanol–water partition coefficient (Wildman–Crippen LogP) is 6.16. The van der Waals surface area contributed by atoms with E-state index in [9.17, 15) is 9.59 Å². The van der Waals surface area contributed by atoms with E-state index in [4.69, 9.17) is 4.74 Å². The minimum Gasteiger partial charge on any atom is -0.497 e. The molecule has 6 nitrogen and oxygen atoms in total. The quantitative estimate of drug-likeness (QED) is 0.392. The highest BCUT2D eigenvalue weighted by Crippen LogP contribution is 2.46. The number of benzene rings is 2. The number of amides is 1. The molecule has 1 aliphatic heterocycles. The first-order valence-electron chi connectivity index (χ1n) is 12.2. The summed E-state index contributed by atoms with van der Waals surface area (Å²) < 4.78 is 6.23. The molecule has 3 aromatic rings. The summed E-state index contributed by atoms with van der Waals surface area (Å²) in [7, 11) is 1.64. The summed E-state index contributed by atoms with van der Waals surface area (Å²) in [4.78, 5) is 31.7. The molecule has 1 amide bonds. The van der Waals surface area contributed by atoms with E-state index in [1.165, 1.54) is 0 Å². The van der Waals surface area contributed by atoms with Gasteiger partial charge in [0.15, 0.2) is 5.78 Å². The summed E-state index contributed by atoms with van der Waals surface area (Å²) in [6, 6.07) is 19.4. The zero-order chi connectivity index (χ0) is 26.1. The molecule has 2 N–H and O–H groups in total. The van der Waals surface area contributed by atoms with Crippen LogP contribution < -0.4 is 15.4 Å². The summed E-state index contributed by atoms with van der Waals surface area (Å²) in [5.74, 6) is 0.624. The zero-order valence-electron chi connectivity index (χ0n) is 21.0. The van der Waals surface area contributed by atoms with Gasteiger partial charge in [0.25, 0.3) is 5.91 Å². The smallest absolute Gasteiger partial charge is 0.255 e. The number of ether oxygens (including phenoxy) is 1. The number of aryl methyl sites for hydroxylation is 1. The van der Waals surface area contributed by atoms with Gasteiger partial charge in [0, 0.05) is 45.5 Å². The van der Waals surface area contributed by atoms with Crippen LogP contribution in [0.1, 0.15) is 48.3 Å². The van der Waals surface area contributed by atoms with Gasteiger partial charge in [0.05, 0.1) is 7.11 Å². The van der Waals surface area contributed by atoms with E-state index >= 15 is 0 Å². The Morgan fingerprint density at radius 2 is 1.73 bits per heavy atom. The second-order valence-electron chi connectivity index (χ2n) is 9.51. The number of hydrogen-bond donors (Lipinski definition) is 2. The molecule has 188 valence electrons. The fourth-order valence-electron chi connectivity index (χ4n) is 5.23. The SMILES string of the molecule is COc1ccc(C2CC(=O)C3=C(C2)NC(C)=C(C(=O)Nc2cc(C)ccn2)C3c2ccc(Br)cc2)cc1. The highest BCUT2D eigenvalue weighted by molar-refractivity contribution is 9.10. The molecule has 2 atom stereocenters. The third-order valence-corrected chi connectivity index (χ3v) is 7.55. The molecule has 0 spiro atoms. The van der Waals surface area contributed by atoms with Gasteiger partial charge in [-0.3, -0.25) is 9.59 Å². The summed E-state index contributed by atoms with van der Waals surface area (Å²) in [5, 5.41) is 6.38. The number of pyridine rings is 1. The number of rotatable bonds is 5. The van der Waals surface area contributed by atoms with E-state index < -0.39 is 5.92 Å². The lowest BCUT2D eigenvalue weighted by molar-refractivity contribution is -0.116. The van der Waals surface area contributed by atoms with Gasteiger partial charge in [-0.25, -0.2) is 4.98 Å². The Bertz CT molecular complexity index is 1430. The predicted molar refractivity (Wildman–Crippen MR) is 147 cm³/mol. The van der Waals surface area contributed by atoms with Crippen molar-refractivity contribution in [3.05, 3.63) is 111 Å². The molecular weight excluding hydrogens is 530 g/mol. The summed E-state index contributed by atoms with van der Waals surface area (Å²) in [5.41, 5.74) is 5.81. The van der Waals surface area contributed by atoms with Crippen LogP contribution in [0.15, 0.2) is 93.9 Å². The van der Waals surface area contributed by atoms with Crippen molar-refractivity contribution in [3.63, 3.8) is 0 Å². The Hall–Kier alpha value is -3.71. The first-order valence-corrected chi connectivity index (χ1v) is 13.0. The lowest BCUT2D eigenvalue weighted by Crippen LogP contribution is -2.37. The van der Waals surface area contributed by atoms with Gasteiger partial charge in [-0.15, -0.1) is 0 Å².